The first-order chi connectivity index (χ1) is 9.67. The van der Waals surface area contributed by atoms with Crippen LogP contribution in [0.15, 0.2) is 22.7 Å². The summed E-state index contributed by atoms with van der Waals surface area (Å²) in [6, 6.07) is 5.85. The van der Waals surface area contributed by atoms with Crippen LogP contribution in [0, 0.1) is 0 Å². The fraction of sp³-hybridized carbons (Fsp3) is 0.462. The SMILES string of the molecule is CCCNC(C)c1nnnn1-c1ccc(Br)c(OC)c1. The number of benzene rings is 1. The van der Waals surface area contributed by atoms with Crippen molar-refractivity contribution in [3.05, 3.63) is 28.5 Å². The minimum absolute atomic E-state index is 0.0830. The zero-order valence-electron chi connectivity index (χ0n) is 11.8. The number of rotatable bonds is 6. The van der Waals surface area contributed by atoms with Gasteiger partial charge in [-0.2, -0.15) is 4.68 Å². The van der Waals surface area contributed by atoms with Crippen LogP contribution in [0.4, 0.5) is 0 Å². The van der Waals surface area contributed by atoms with Gasteiger partial charge >= 0.3 is 0 Å². The third-order valence-corrected chi connectivity index (χ3v) is 3.62. The monoisotopic (exact) mass is 339 g/mol. The summed E-state index contributed by atoms with van der Waals surface area (Å²) in [7, 11) is 1.63. The quantitative estimate of drug-likeness (QED) is 0.875. The van der Waals surface area contributed by atoms with Crippen LogP contribution in [0.2, 0.25) is 0 Å². The van der Waals surface area contributed by atoms with Gasteiger partial charge in [-0.25, -0.2) is 0 Å². The molecule has 0 aliphatic heterocycles. The molecule has 1 aromatic heterocycles. The van der Waals surface area contributed by atoms with E-state index < -0.39 is 0 Å². The number of methoxy groups -OCH3 is 1. The summed E-state index contributed by atoms with van der Waals surface area (Å²) in [5.74, 6) is 1.53. The van der Waals surface area contributed by atoms with Gasteiger partial charge in [0.25, 0.3) is 0 Å². The Hall–Kier alpha value is -1.47. The molecule has 1 N–H and O–H groups in total. The van der Waals surface area contributed by atoms with E-state index in [1.54, 1.807) is 11.8 Å². The Bertz CT molecular complexity index is 572. The number of ether oxygens (including phenoxy) is 1. The van der Waals surface area contributed by atoms with E-state index in [1.807, 2.05) is 25.1 Å². The summed E-state index contributed by atoms with van der Waals surface area (Å²) in [5.41, 5.74) is 0.871. The van der Waals surface area contributed by atoms with Gasteiger partial charge in [0, 0.05) is 6.07 Å². The molecule has 1 aromatic carbocycles. The molecule has 108 valence electrons. The summed E-state index contributed by atoms with van der Waals surface area (Å²) >= 11 is 3.44. The molecule has 0 saturated heterocycles. The largest absolute Gasteiger partial charge is 0.495 e. The van der Waals surface area contributed by atoms with E-state index in [4.69, 9.17) is 4.74 Å². The summed E-state index contributed by atoms with van der Waals surface area (Å²) in [6.45, 7) is 5.11. The van der Waals surface area contributed by atoms with Gasteiger partial charge in [-0.1, -0.05) is 6.92 Å². The van der Waals surface area contributed by atoms with E-state index in [1.165, 1.54) is 0 Å². The van der Waals surface area contributed by atoms with Crippen molar-refractivity contribution in [3.8, 4) is 11.4 Å². The van der Waals surface area contributed by atoms with Gasteiger partial charge in [0.15, 0.2) is 5.82 Å². The zero-order valence-corrected chi connectivity index (χ0v) is 13.4. The number of nitrogens with zero attached hydrogens (tertiary/aromatic N) is 4. The Morgan fingerprint density at radius 3 is 2.95 bits per heavy atom. The van der Waals surface area contributed by atoms with Crippen LogP contribution in [-0.2, 0) is 0 Å². The number of hydrogen-bond donors (Lipinski definition) is 1. The van der Waals surface area contributed by atoms with Crippen molar-refractivity contribution in [2.75, 3.05) is 13.7 Å². The van der Waals surface area contributed by atoms with E-state index >= 15 is 0 Å². The highest BCUT2D eigenvalue weighted by Crippen LogP contribution is 2.27. The maximum Gasteiger partial charge on any atom is 0.173 e. The standard InChI is InChI=1S/C13H18BrN5O/c1-4-7-15-9(2)13-16-17-18-19(13)10-5-6-11(14)12(8-10)20-3/h5-6,8-9,15H,4,7H2,1-3H3. The molecule has 0 spiro atoms. The lowest BCUT2D eigenvalue weighted by atomic mass is 10.2. The first-order valence-corrected chi connectivity index (χ1v) is 7.32. The number of halogens is 1. The average Bonchev–Trinajstić information content (AvgIpc) is 2.94. The highest BCUT2D eigenvalue weighted by atomic mass is 79.9. The second kappa shape index (κ2) is 6.81. The molecule has 7 heteroatoms. The lowest BCUT2D eigenvalue weighted by Crippen LogP contribution is -2.22. The molecule has 1 unspecified atom stereocenters. The van der Waals surface area contributed by atoms with Crippen molar-refractivity contribution in [1.82, 2.24) is 25.5 Å². The Morgan fingerprint density at radius 1 is 1.45 bits per heavy atom. The summed E-state index contributed by atoms with van der Waals surface area (Å²) in [5, 5.41) is 15.3. The molecule has 0 fully saturated rings. The lowest BCUT2D eigenvalue weighted by Gasteiger charge is -2.13. The molecule has 1 heterocycles. The molecule has 2 rings (SSSR count). The third kappa shape index (κ3) is 3.16. The predicted octanol–water partition coefficient (Wildman–Crippen LogP) is 2.49. The first-order valence-electron chi connectivity index (χ1n) is 6.53. The molecule has 20 heavy (non-hydrogen) atoms. The van der Waals surface area contributed by atoms with Crippen LogP contribution in [0.3, 0.4) is 0 Å². The van der Waals surface area contributed by atoms with Crippen molar-refractivity contribution in [1.29, 1.82) is 0 Å². The fourth-order valence-corrected chi connectivity index (χ4v) is 2.29. The van der Waals surface area contributed by atoms with Gasteiger partial charge in [-0.05, 0) is 58.4 Å². The highest BCUT2D eigenvalue weighted by molar-refractivity contribution is 9.10. The van der Waals surface area contributed by atoms with Gasteiger partial charge in [0.1, 0.15) is 5.75 Å². The zero-order chi connectivity index (χ0) is 14.5. The van der Waals surface area contributed by atoms with Gasteiger partial charge in [0.05, 0.1) is 23.3 Å². The maximum atomic E-state index is 5.30. The van der Waals surface area contributed by atoms with Crippen LogP contribution in [-0.4, -0.2) is 33.9 Å². The van der Waals surface area contributed by atoms with Crippen LogP contribution >= 0.6 is 15.9 Å². The molecule has 1 atom stereocenters. The molecule has 0 bridgehead atoms. The summed E-state index contributed by atoms with van der Waals surface area (Å²) in [6.07, 6.45) is 1.07. The van der Waals surface area contributed by atoms with Crippen molar-refractivity contribution in [3.63, 3.8) is 0 Å². The van der Waals surface area contributed by atoms with Crippen LogP contribution in [0.5, 0.6) is 5.75 Å². The van der Waals surface area contributed by atoms with Gasteiger partial charge in [-0.15, -0.1) is 5.10 Å². The molecule has 0 radical (unpaired) electrons. The van der Waals surface area contributed by atoms with Crippen molar-refractivity contribution >= 4 is 15.9 Å². The van der Waals surface area contributed by atoms with Crippen molar-refractivity contribution in [2.24, 2.45) is 0 Å². The predicted molar refractivity (Wildman–Crippen MR) is 80.1 cm³/mol. The Morgan fingerprint density at radius 2 is 2.25 bits per heavy atom. The molecule has 0 aliphatic rings. The fourth-order valence-electron chi connectivity index (χ4n) is 1.88. The minimum atomic E-state index is 0.0830. The second-order valence-corrected chi connectivity index (χ2v) is 5.30. The Labute approximate surface area is 126 Å². The molecular formula is C13H18BrN5O. The van der Waals surface area contributed by atoms with Crippen molar-refractivity contribution < 1.29 is 4.74 Å². The minimum Gasteiger partial charge on any atom is -0.495 e. The molecule has 2 aromatic rings. The van der Waals surface area contributed by atoms with Gasteiger partial charge in [0.2, 0.25) is 0 Å². The smallest absolute Gasteiger partial charge is 0.173 e. The van der Waals surface area contributed by atoms with E-state index in [0.717, 1.165) is 34.7 Å². The Balaban J connectivity index is 2.32. The second-order valence-electron chi connectivity index (χ2n) is 4.44. The number of hydrogen-bond acceptors (Lipinski definition) is 5. The van der Waals surface area contributed by atoms with E-state index in [-0.39, 0.29) is 6.04 Å². The normalized spacial score (nSPS) is 12.4. The van der Waals surface area contributed by atoms with Crippen molar-refractivity contribution in [2.45, 2.75) is 26.3 Å². The Kier molecular flexibility index (Phi) is 5.08. The highest BCUT2D eigenvalue weighted by Gasteiger charge is 2.16. The maximum absolute atomic E-state index is 5.30. The average molecular weight is 340 g/mol. The third-order valence-electron chi connectivity index (χ3n) is 2.96. The van der Waals surface area contributed by atoms with E-state index in [2.05, 4.69) is 43.7 Å². The number of tetrazole rings is 1. The van der Waals surface area contributed by atoms with E-state index in [9.17, 15) is 0 Å². The van der Waals surface area contributed by atoms with E-state index in [0.29, 0.717) is 0 Å². The molecule has 0 aliphatic carbocycles. The van der Waals surface area contributed by atoms with Crippen LogP contribution in [0.1, 0.15) is 32.1 Å². The topological polar surface area (TPSA) is 64.9 Å². The van der Waals surface area contributed by atoms with Gasteiger partial charge in [-0.3, -0.25) is 0 Å². The summed E-state index contributed by atoms with van der Waals surface area (Å²) < 4.78 is 7.93. The molecular weight excluding hydrogens is 322 g/mol. The van der Waals surface area contributed by atoms with Gasteiger partial charge < -0.3 is 10.1 Å². The van der Waals surface area contributed by atoms with Crippen LogP contribution < -0.4 is 10.1 Å². The molecule has 0 saturated carbocycles. The molecule has 0 amide bonds. The first kappa shape index (κ1) is 14.9. The van der Waals surface area contributed by atoms with Crippen LogP contribution in [0.25, 0.3) is 5.69 Å². The lowest BCUT2D eigenvalue weighted by molar-refractivity contribution is 0.411. The molecule has 6 nitrogen and oxygen atoms in total. The number of nitrogens with one attached hydrogen (secondary N) is 1. The summed E-state index contributed by atoms with van der Waals surface area (Å²) in [4.78, 5) is 0. The number of aromatic nitrogens is 4.